The molecule has 1 atom stereocenters. The lowest BCUT2D eigenvalue weighted by atomic mass is 9.90. The van der Waals surface area contributed by atoms with E-state index in [2.05, 4.69) is 21.3 Å². The fraction of sp³-hybridized carbons (Fsp3) is 0.238. The summed E-state index contributed by atoms with van der Waals surface area (Å²) >= 11 is 0. The van der Waals surface area contributed by atoms with Crippen molar-refractivity contribution in [3.63, 3.8) is 0 Å². The summed E-state index contributed by atoms with van der Waals surface area (Å²) in [7, 11) is 0. The van der Waals surface area contributed by atoms with E-state index >= 15 is 0 Å². The number of amides is 1. The van der Waals surface area contributed by atoms with E-state index in [0.29, 0.717) is 18.5 Å². The number of nitrogens with zero attached hydrogens (tertiary/aromatic N) is 4. The Bertz CT molecular complexity index is 972. The number of pyridine rings is 1. The zero-order chi connectivity index (χ0) is 18.6. The van der Waals surface area contributed by atoms with Crippen LogP contribution < -0.4 is 4.90 Å². The standard InChI is InChI=1S/C21H19N5O/c22-14-16-5-3-15(4-6-16)12-18-2-1-11-26(21(18)27)20-13-19(24-25-20)17-7-9-23-10-8-17/h3-10,13,18H,1-2,11-12H2,(H,24,25). The van der Waals surface area contributed by atoms with Crippen molar-refractivity contribution in [2.45, 2.75) is 19.3 Å². The van der Waals surface area contributed by atoms with Crippen LogP contribution in [0.2, 0.25) is 0 Å². The lowest BCUT2D eigenvalue weighted by Crippen LogP contribution is -2.42. The maximum Gasteiger partial charge on any atom is 0.231 e. The Morgan fingerprint density at radius 1 is 1.19 bits per heavy atom. The van der Waals surface area contributed by atoms with Gasteiger partial charge in [-0.2, -0.15) is 10.4 Å². The first-order valence-electron chi connectivity index (χ1n) is 9.01. The molecule has 0 bridgehead atoms. The largest absolute Gasteiger partial charge is 0.297 e. The van der Waals surface area contributed by atoms with Crippen molar-refractivity contribution in [1.82, 2.24) is 15.2 Å². The fourth-order valence-corrected chi connectivity index (χ4v) is 3.50. The summed E-state index contributed by atoms with van der Waals surface area (Å²) in [5, 5.41) is 16.3. The first-order chi connectivity index (χ1) is 13.2. The Morgan fingerprint density at radius 2 is 1.96 bits per heavy atom. The molecule has 0 aliphatic carbocycles. The van der Waals surface area contributed by atoms with E-state index in [1.165, 1.54) is 0 Å². The summed E-state index contributed by atoms with van der Waals surface area (Å²) in [4.78, 5) is 18.8. The van der Waals surface area contributed by atoms with Crippen molar-refractivity contribution < 1.29 is 4.79 Å². The minimum absolute atomic E-state index is 0.0561. The maximum atomic E-state index is 13.0. The maximum absolute atomic E-state index is 13.0. The van der Waals surface area contributed by atoms with Crippen LogP contribution in [0.25, 0.3) is 11.3 Å². The smallest absolute Gasteiger partial charge is 0.231 e. The molecule has 4 rings (SSSR count). The van der Waals surface area contributed by atoms with E-state index in [-0.39, 0.29) is 11.8 Å². The van der Waals surface area contributed by atoms with Crippen LogP contribution in [-0.2, 0) is 11.2 Å². The number of H-pyrrole nitrogens is 1. The van der Waals surface area contributed by atoms with Crippen molar-refractivity contribution in [3.05, 3.63) is 66.0 Å². The SMILES string of the molecule is N#Cc1ccc(CC2CCCN(c3cc(-c4ccncc4)n[nH]3)C2=O)cc1. The third-order valence-corrected chi connectivity index (χ3v) is 4.95. The Balaban J connectivity index is 1.50. The minimum Gasteiger partial charge on any atom is -0.297 e. The number of aromatic amines is 1. The third kappa shape index (κ3) is 3.58. The fourth-order valence-electron chi connectivity index (χ4n) is 3.50. The van der Waals surface area contributed by atoms with Gasteiger partial charge in [0, 0.05) is 36.5 Å². The summed E-state index contributed by atoms with van der Waals surface area (Å²) in [6.45, 7) is 0.695. The molecule has 6 nitrogen and oxygen atoms in total. The number of aromatic nitrogens is 3. The van der Waals surface area contributed by atoms with Gasteiger partial charge in [0.15, 0.2) is 0 Å². The van der Waals surface area contributed by atoms with Gasteiger partial charge in [-0.1, -0.05) is 12.1 Å². The van der Waals surface area contributed by atoms with Crippen molar-refractivity contribution in [1.29, 1.82) is 5.26 Å². The quantitative estimate of drug-likeness (QED) is 0.776. The molecule has 2 aromatic heterocycles. The summed E-state index contributed by atoms with van der Waals surface area (Å²) < 4.78 is 0. The second-order valence-electron chi connectivity index (χ2n) is 6.72. The van der Waals surface area contributed by atoms with Gasteiger partial charge in [0.05, 0.1) is 17.3 Å². The second-order valence-corrected chi connectivity index (χ2v) is 6.72. The number of nitrogens with one attached hydrogen (secondary N) is 1. The predicted octanol–water partition coefficient (Wildman–Crippen LogP) is 3.33. The average molecular weight is 357 g/mol. The molecule has 27 heavy (non-hydrogen) atoms. The van der Waals surface area contributed by atoms with Crippen molar-refractivity contribution in [2.75, 3.05) is 11.4 Å². The van der Waals surface area contributed by atoms with Crippen LogP contribution in [0.1, 0.15) is 24.0 Å². The zero-order valence-corrected chi connectivity index (χ0v) is 14.8. The summed E-state index contributed by atoms with van der Waals surface area (Å²) in [5.41, 5.74) is 3.48. The number of rotatable bonds is 4. The van der Waals surface area contributed by atoms with Crippen LogP contribution in [0.4, 0.5) is 5.82 Å². The summed E-state index contributed by atoms with van der Waals surface area (Å²) in [5.74, 6) is 0.797. The molecule has 0 radical (unpaired) electrons. The number of benzene rings is 1. The van der Waals surface area contributed by atoms with E-state index in [9.17, 15) is 4.79 Å². The van der Waals surface area contributed by atoms with Gasteiger partial charge in [-0.05, 0) is 49.1 Å². The Kier molecular flexibility index (Phi) is 4.67. The number of hydrogen-bond acceptors (Lipinski definition) is 4. The Labute approximate surface area is 157 Å². The highest BCUT2D eigenvalue weighted by Gasteiger charge is 2.30. The number of anilines is 1. The third-order valence-electron chi connectivity index (χ3n) is 4.95. The van der Waals surface area contributed by atoms with Crippen LogP contribution in [0, 0.1) is 17.2 Å². The molecule has 0 spiro atoms. The van der Waals surface area contributed by atoms with Crippen LogP contribution in [0.5, 0.6) is 0 Å². The van der Waals surface area contributed by atoms with Gasteiger partial charge in [0.25, 0.3) is 0 Å². The lowest BCUT2D eigenvalue weighted by molar-refractivity contribution is -0.123. The van der Waals surface area contributed by atoms with Gasteiger partial charge in [-0.25, -0.2) is 0 Å². The molecule has 1 amide bonds. The van der Waals surface area contributed by atoms with Gasteiger partial charge < -0.3 is 0 Å². The number of nitriles is 1. The molecule has 1 aromatic carbocycles. The van der Waals surface area contributed by atoms with Gasteiger partial charge in [0.2, 0.25) is 5.91 Å². The van der Waals surface area contributed by atoms with Gasteiger partial charge in [-0.3, -0.25) is 19.8 Å². The molecule has 3 aromatic rings. The van der Waals surface area contributed by atoms with E-state index in [1.807, 2.05) is 30.3 Å². The zero-order valence-electron chi connectivity index (χ0n) is 14.8. The molecule has 134 valence electrons. The molecule has 3 heterocycles. The van der Waals surface area contributed by atoms with Gasteiger partial charge in [0.1, 0.15) is 5.82 Å². The Hall–Kier alpha value is -3.46. The normalized spacial score (nSPS) is 16.9. The summed E-state index contributed by atoms with van der Waals surface area (Å²) in [6.07, 6.45) is 5.97. The molecule has 6 heteroatoms. The molecule has 1 aliphatic rings. The average Bonchev–Trinajstić information content (AvgIpc) is 3.21. The van der Waals surface area contributed by atoms with E-state index < -0.39 is 0 Å². The number of carbonyl (C=O) groups excluding carboxylic acids is 1. The lowest BCUT2D eigenvalue weighted by Gasteiger charge is -2.31. The van der Waals surface area contributed by atoms with Crippen LogP contribution >= 0.6 is 0 Å². The molecule has 0 saturated carbocycles. The predicted molar refractivity (Wildman–Crippen MR) is 102 cm³/mol. The summed E-state index contributed by atoms with van der Waals surface area (Å²) in [6, 6.07) is 15.3. The molecule has 1 aliphatic heterocycles. The highest BCUT2D eigenvalue weighted by molar-refractivity contribution is 5.95. The first-order valence-corrected chi connectivity index (χ1v) is 9.01. The van der Waals surface area contributed by atoms with Gasteiger partial charge >= 0.3 is 0 Å². The van der Waals surface area contributed by atoms with E-state index in [1.54, 1.807) is 29.4 Å². The number of hydrogen-bond donors (Lipinski definition) is 1. The minimum atomic E-state index is -0.0561. The van der Waals surface area contributed by atoms with Crippen molar-refractivity contribution in [2.24, 2.45) is 5.92 Å². The van der Waals surface area contributed by atoms with Crippen molar-refractivity contribution in [3.8, 4) is 17.3 Å². The Morgan fingerprint density at radius 3 is 2.70 bits per heavy atom. The molecular weight excluding hydrogens is 338 g/mol. The van der Waals surface area contributed by atoms with Crippen LogP contribution in [0.3, 0.4) is 0 Å². The van der Waals surface area contributed by atoms with Crippen LogP contribution in [-0.4, -0.2) is 27.6 Å². The first kappa shape index (κ1) is 17.0. The highest BCUT2D eigenvalue weighted by Crippen LogP contribution is 2.28. The topological polar surface area (TPSA) is 85.7 Å². The molecular formula is C21H19N5O. The number of piperidine rings is 1. The van der Waals surface area contributed by atoms with Crippen LogP contribution in [0.15, 0.2) is 54.9 Å². The van der Waals surface area contributed by atoms with Crippen molar-refractivity contribution >= 4 is 11.7 Å². The highest BCUT2D eigenvalue weighted by atomic mass is 16.2. The second kappa shape index (κ2) is 7.42. The van der Waals surface area contributed by atoms with E-state index in [0.717, 1.165) is 35.5 Å². The van der Waals surface area contributed by atoms with Gasteiger partial charge in [-0.15, -0.1) is 0 Å². The molecule has 1 N–H and O–H groups in total. The monoisotopic (exact) mass is 357 g/mol. The van der Waals surface area contributed by atoms with E-state index in [4.69, 9.17) is 5.26 Å². The molecule has 1 fully saturated rings. The number of carbonyl (C=O) groups is 1. The molecule has 1 unspecified atom stereocenters. The molecule has 1 saturated heterocycles.